The zero-order chi connectivity index (χ0) is 10.6. The smallest absolute Gasteiger partial charge is 0.206 e. The number of rotatable bonds is 4. The van der Waals surface area contributed by atoms with Crippen molar-refractivity contribution in [3.05, 3.63) is 35.4 Å². The molecular formula is C13H17O. The number of hydrogen-bond donors (Lipinski definition) is 0. The summed E-state index contributed by atoms with van der Waals surface area (Å²) >= 11 is 0. The average molecular weight is 189 g/mol. The van der Waals surface area contributed by atoms with Gasteiger partial charge in [-0.05, 0) is 23.5 Å². The Hall–Kier alpha value is -1.11. The Balaban J connectivity index is 2.73. The number of hydrogen-bond acceptors (Lipinski definition) is 1. The highest BCUT2D eigenvalue weighted by Crippen LogP contribution is 2.15. The van der Waals surface area contributed by atoms with Crippen molar-refractivity contribution >= 4 is 6.29 Å². The maximum Gasteiger partial charge on any atom is 0.206 e. The molecule has 0 unspecified atom stereocenters. The lowest BCUT2D eigenvalue weighted by atomic mass is 9.98. The van der Waals surface area contributed by atoms with Crippen molar-refractivity contribution in [3.8, 4) is 0 Å². The lowest BCUT2D eigenvalue weighted by Gasteiger charge is -2.07. The van der Waals surface area contributed by atoms with Gasteiger partial charge in [0.1, 0.15) is 0 Å². The van der Waals surface area contributed by atoms with E-state index < -0.39 is 0 Å². The minimum Gasteiger partial charge on any atom is -0.290 e. The van der Waals surface area contributed by atoms with E-state index in [1.807, 2.05) is 25.3 Å². The summed E-state index contributed by atoms with van der Waals surface area (Å²) in [6.45, 7) is 6.27. The fourth-order valence-electron chi connectivity index (χ4n) is 1.48. The summed E-state index contributed by atoms with van der Waals surface area (Å²) in [7, 11) is 0. The van der Waals surface area contributed by atoms with Crippen LogP contribution < -0.4 is 0 Å². The summed E-state index contributed by atoms with van der Waals surface area (Å²) in [6, 6.07) is 8.24. The van der Waals surface area contributed by atoms with E-state index in [0.29, 0.717) is 5.92 Å². The van der Waals surface area contributed by atoms with Gasteiger partial charge >= 0.3 is 0 Å². The van der Waals surface area contributed by atoms with E-state index in [2.05, 4.69) is 26.0 Å². The summed E-state index contributed by atoms with van der Waals surface area (Å²) in [6.07, 6.45) is 3.09. The highest BCUT2D eigenvalue weighted by molar-refractivity contribution is 5.62. The first kappa shape index (κ1) is 11.0. The molecule has 1 radical (unpaired) electrons. The Morgan fingerprint density at radius 2 is 1.71 bits per heavy atom. The highest BCUT2D eigenvalue weighted by atomic mass is 16.1. The molecule has 0 heterocycles. The first-order chi connectivity index (χ1) is 6.63. The van der Waals surface area contributed by atoms with E-state index in [4.69, 9.17) is 0 Å². The van der Waals surface area contributed by atoms with Crippen molar-refractivity contribution in [1.82, 2.24) is 0 Å². The highest BCUT2D eigenvalue weighted by Gasteiger charge is 2.04. The first-order valence-electron chi connectivity index (χ1n) is 5.10. The molecule has 0 fully saturated rings. The van der Waals surface area contributed by atoms with Crippen molar-refractivity contribution in [1.29, 1.82) is 0 Å². The summed E-state index contributed by atoms with van der Waals surface area (Å²) in [5, 5.41) is 0. The SMILES string of the molecule is CC(C)Cc1ccc([C@@H](C)[C]=O)cc1. The van der Waals surface area contributed by atoms with Gasteiger partial charge in [-0.25, -0.2) is 0 Å². The van der Waals surface area contributed by atoms with Crippen LogP contribution in [-0.4, -0.2) is 6.29 Å². The molecule has 1 aromatic carbocycles. The monoisotopic (exact) mass is 189 g/mol. The Morgan fingerprint density at radius 1 is 1.14 bits per heavy atom. The predicted octanol–water partition coefficient (Wildman–Crippen LogP) is 3.10. The van der Waals surface area contributed by atoms with Crippen molar-refractivity contribution in [2.24, 2.45) is 5.92 Å². The maximum atomic E-state index is 10.4. The van der Waals surface area contributed by atoms with Crippen LogP contribution in [0.25, 0.3) is 0 Å². The molecule has 75 valence electrons. The largest absolute Gasteiger partial charge is 0.290 e. The maximum absolute atomic E-state index is 10.4. The van der Waals surface area contributed by atoms with Crippen LogP contribution in [0.4, 0.5) is 0 Å². The predicted molar refractivity (Wildman–Crippen MR) is 59.1 cm³/mol. The van der Waals surface area contributed by atoms with Gasteiger partial charge in [0.15, 0.2) is 0 Å². The Morgan fingerprint density at radius 3 is 2.14 bits per heavy atom. The van der Waals surface area contributed by atoms with Crippen LogP contribution in [0.5, 0.6) is 0 Å². The van der Waals surface area contributed by atoms with Crippen LogP contribution >= 0.6 is 0 Å². The molecule has 14 heavy (non-hydrogen) atoms. The minimum absolute atomic E-state index is 0.108. The van der Waals surface area contributed by atoms with Gasteiger partial charge in [0.2, 0.25) is 6.29 Å². The molecule has 1 atom stereocenters. The second-order valence-corrected chi connectivity index (χ2v) is 4.18. The number of benzene rings is 1. The Labute approximate surface area is 86.1 Å². The second-order valence-electron chi connectivity index (χ2n) is 4.18. The van der Waals surface area contributed by atoms with Crippen molar-refractivity contribution in [2.75, 3.05) is 0 Å². The Bertz CT molecular complexity index is 285. The normalized spacial score (nSPS) is 12.9. The molecule has 1 heteroatoms. The van der Waals surface area contributed by atoms with Gasteiger partial charge in [0.05, 0.1) is 0 Å². The van der Waals surface area contributed by atoms with E-state index >= 15 is 0 Å². The van der Waals surface area contributed by atoms with Gasteiger partial charge in [0, 0.05) is 5.92 Å². The summed E-state index contributed by atoms with van der Waals surface area (Å²) < 4.78 is 0. The van der Waals surface area contributed by atoms with E-state index in [1.54, 1.807) is 0 Å². The van der Waals surface area contributed by atoms with E-state index in [-0.39, 0.29) is 5.92 Å². The fourth-order valence-corrected chi connectivity index (χ4v) is 1.48. The first-order valence-corrected chi connectivity index (χ1v) is 5.10. The summed E-state index contributed by atoms with van der Waals surface area (Å²) in [4.78, 5) is 10.4. The van der Waals surface area contributed by atoms with Gasteiger partial charge < -0.3 is 0 Å². The lowest BCUT2D eigenvalue weighted by molar-refractivity contribution is 0.546. The standard InChI is InChI=1S/C13H17O/c1-10(2)8-12-4-6-13(7-5-12)11(3)9-14/h4-7,10-11H,8H2,1-3H3/t11-/m0/s1. The third-order valence-electron chi connectivity index (χ3n) is 2.30. The van der Waals surface area contributed by atoms with Crippen LogP contribution in [0.1, 0.15) is 37.8 Å². The molecule has 0 aromatic heterocycles. The van der Waals surface area contributed by atoms with Crippen molar-refractivity contribution < 1.29 is 4.79 Å². The molecule has 0 saturated carbocycles. The van der Waals surface area contributed by atoms with Crippen LogP contribution in [0, 0.1) is 5.92 Å². The van der Waals surface area contributed by atoms with Gasteiger partial charge in [0.25, 0.3) is 0 Å². The third kappa shape index (κ3) is 2.99. The quantitative estimate of drug-likeness (QED) is 0.711. The summed E-state index contributed by atoms with van der Waals surface area (Å²) in [5.41, 5.74) is 2.38. The molecule has 1 aromatic rings. The molecule has 1 nitrogen and oxygen atoms in total. The topological polar surface area (TPSA) is 17.1 Å². The minimum atomic E-state index is -0.108. The molecule has 0 N–H and O–H groups in total. The second kappa shape index (κ2) is 4.94. The molecule has 0 amide bonds. The molecule has 0 bridgehead atoms. The average Bonchev–Trinajstić information content (AvgIpc) is 2.17. The van der Waals surface area contributed by atoms with Gasteiger partial charge in [-0.15, -0.1) is 0 Å². The zero-order valence-corrected chi connectivity index (χ0v) is 9.08. The van der Waals surface area contributed by atoms with E-state index in [9.17, 15) is 4.79 Å². The molecule has 0 spiro atoms. The zero-order valence-electron chi connectivity index (χ0n) is 9.08. The van der Waals surface area contributed by atoms with Gasteiger partial charge in [-0.3, -0.25) is 4.79 Å². The molecule has 0 aliphatic rings. The summed E-state index contributed by atoms with van der Waals surface area (Å²) in [5.74, 6) is 0.569. The Kier molecular flexibility index (Phi) is 3.87. The molecular weight excluding hydrogens is 172 g/mol. The van der Waals surface area contributed by atoms with Gasteiger partial charge in [-0.2, -0.15) is 0 Å². The lowest BCUT2D eigenvalue weighted by Crippen LogP contribution is -1.97. The van der Waals surface area contributed by atoms with Crippen LogP contribution in [0.2, 0.25) is 0 Å². The number of carbonyl (C=O) groups excluding carboxylic acids is 1. The van der Waals surface area contributed by atoms with Crippen LogP contribution in [0.15, 0.2) is 24.3 Å². The van der Waals surface area contributed by atoms with Gasteiger partial charge in [-0.1, -0.05) is 45.0 Å². The molecule has 0 saturated heterocycles. The van der Waals surface area contributed by atoms with Crippen molar-refractivity contribution in [3.63, 3.8) is 0 Å². The van der Waals surface area contributed by atoms with Crippen molar-refractivity contribution in [2.45, 2.75) is 33.1 Å². The molecule has 0 aliphatic heterocycles. The van der Waals surface area contributed by atoms with E-state index in [1.165, 1.54) is 5.56 Å². The van der Waals surface area contributed by atoms with E-state index in [0.717, 1.165) is 12.0 Å². The molecule has 0 aliphatic carbocycles. The van der Waals surface area contributed by atoms with Crippen LogP contribution in [0.3, 0.4) is 0 Å². The van der Waals surface area contributed by atoms with Crippen LogP contribution in [-0.2, 0) is 11.2 Å². The third-order valence-corrected chi connectivity index (χ3v) is 2.30. The molecule has 1 rings (SSSR count). The fraction of sp³-hybridized carbons (Fsp3) is 0.462.